The molecule has 0 heterocycles. The first kappa shape index (κ1) is 14.2. The Morgan fingerprint density at radius 3 is 2.90 bits per heavy atom. The third-order valence-corrected chi connectivity index (χ3v) is 3.22. The summed E-state index contributed by atoms with van der Waals surface area (Å²) < 4.78 is 17.9. The number of esters is 1. The van der Waals surface area contributed by atoms with Crippen molar-refractivity contribution >= 4 is 17.6 Å². The van der Waals surface area contributed by atoms with Gasteiger partial charge in [-0.1, -0.05) is 12.2 Å². The third kappa shape index (κ3) is 3.44. The number of allylic oxidation sites excluding steroid dienone is 2. The van der Waals surface area contributed by atoms with Crippen molar-refractivity contribution in [3.63, 3.8) is 0 Å². The Bertz CT molecular complexity index is 554. The number of rotatable bonds is 4. The molecule has 1 aliphatic carbocycles. The maximum atomic E-state index is 13.4. The topological polar surface area (TPSA) is 55.4 Å². The summed E-state index contributed by atoms with van der Waals surface area (Å²) in [6, 6.07) is 3.84. The zero-order valence-electron chi connectivity index (χ0n) is 11.2. The van der Waals surface area contributed by atoms with Gasteiger partial charge < -0.3 is 10.1 Å². The molecule has 0 unspecified atom stereocenters. The number of anilines is 1. The molecule has 0 aliphatic heterocycles. The first-order valence-corrected chi connectivity index (χ1v) is 6.44. The highest BCUT2D eigenvalue weighted by Gasteiger charge is 2.16. The van der Waals surface area contributed by atoms with Crippen LogP contribution in [0.3, 0.4) is 0 Å². The van der Waals surface area contributed by atoms with E-state index in [-0.39, 0.29) is 17.4 Å². The molecule has 106 valence electrons. The van der Waals surface area contributed by atoms with Crippen molar-refractivity contribution in [2.75, 3.05) is 12.4 Å². The monoisotopic (exact) mass is 277 g/mol. The predicted octanol–water partition coefficient (Wildman–Crippen LogP) is 2.91. The van der Waals surface area contributed by atoms with Crippen LogP contribution in [0.5, 0.6) is 0 Å². The number of methoxy groups -OCH3 is 1. The van der Waals surface area contributed by atoms with Gasteiger partial charge in [-0.2, -0.15) is 0 Å². The second-order valence-corrected chi connectivity index (χ2v) is 4.70. The summed E-state index contributed by atoms with van der Waals surface area (Å²) in [6.07, 6.45) is 6.46. The minimum Gasteiger partial charge on any atom is -0.465 e. The lowest BCUT2D eigenvalue weighted by Crippen LogP contribution is -2.15. The Morgan fingerprint density at radius 1 is 1.45 bits per heavy atom. The molecular formula is C15H16FNO3. The van der Waals surface area contributed by atoms with Gasteiger partial charge in [-0.15, -0.1) is 0 Å². The van der Waals surface area contributed by atoms with E-state index in [4.69, 9.17) is 0 Å². The molecule has 0 radical (unpaired) electrons. The summed E-state index contributed by atoms with van der Waals surface area (Å²) in [5.41, 5.74) is 0.199. The standard InChI is InChI=1S/C15H16FNO3/c1-20-15(19)12-9-11(6-7-13(12)16)17-14(18)8-10-4-2-3-5-10/h2,4,6-7,9-10H,3,5,8H2,1H3,(H,17,18)/t10-/m1/s1. The van der Waals surface area contributed by atoms with Crippen LogP contribution in [0.15, 0.2) is 30.4 Å². The fraction of sp³-hybridized carbons (Fsp3) is 0.333. The van der Waals surface area contributed by atoms with Crippen molar-refractivity contribution in [2.45, 2.75) is 19.3 Å². The predicted molar refractivity (Wildman–Crippen MR) is 72.9 cm³/mol. The van der Waals surface area contributed by atoms with Crippen molar-refractivity contribution in [1.29, 1.82) is 0 Å². The molecule has 1 amide bonds. The Kier molecular flexibility index (Phi) is 4.50. The summed E-state index contributed by atoms with van der Waals surface area (Å²) in [6.45, 7) is 0. The van der Waals surface area contributed by atoms with E-state index in [0.717, 1.165) is 18.9 Å². The van der Waals surface area contributed by atoms with Gasteiger partial charge in [-0.05, 0) is 37.0 Å². The lowest BCUT2D eigenvalue weighted by molar-refractivity contribution is -0.116. The summed E-state index contributed by atoms with van der Waals surface area (Å²) in [7, 11) is 1.18. The summed E-state index contributed by atoms with van der Waals surface area (Å²) >= 11 is 0. The minimum atomic E-state index is -0.766. The summed E-state index contributed by atoms with van der Waals surface area (Å²) in [5.74, 6) is -1.33. The molecule has 1 aromatic rings. The number of hydrogen-bond acceptors (Lipinski definition) is 3. The van der Waals surface area contributed by atoms with Crippen LogP contribution in [0.1, 0.15) is 29.6 Å². The summed E-state index contributed by atoms with van der Waals surface area (Å²) in [4.78, 5) is 23.2. The highest BCUT2D eigenvalue weighted by molar-refractivity contribution is 5.94. The zero-order valence-corrected chi connectivity index (χ0v) is 11.2. The minimum absolute atomic E-state index is 0.149. The Hall–Kier alpha value is -2.17. The van der Waals surface area contributed by atoms with E-state index < -0.39 is 11.8 Å². The van der Waals surface area contributed by atoms with Crippen molar-refractivity contribution in [3.05, 3.63) is 41.7 Å². The molecule has 1 aromatic carbocycles. The van der Waals surface area contributed by atoms with Gasteiger partial charge in [-0.25, -0.2) is 9.18 Å². The largest absolute Gasteiger partial charge is 0.465 e. The van der Waals surface area contributed by atoms with Crippen LogP contribution < -0.4 is 5.32 Å². The molecule has 1 aliphatic rings. The number of carbonyl (C=O) groups is 2. The molecule has 1 N–H and O–H groups in total. The van der Waals surface area contributed by atoms with Gasteiger partial charge in [-0.3, -0.25) is 4.79 Å². The van der Waals surface area contributed by atoms with E-state index in [2.05, 4.69) is 16.1 Å². The fourth-order valence-electron chi connectivity index (χ4n) is 2.18. The van der Waals surface area contributed by atoms with Crippen LogP contribution in [-0.4, -0.2) is 19.0 Å². The molecule has 0 saturated heterocycles. The van der Waals surface area contributed by atoms with Gasteiger partial charge in [0.2, 0.25) is 5.91 Å². The molecule has 0 spiro atoms. The zero-order chi connectivity index (χ0) is 14.5. The van der Waals surface area contributed by atoms with Gasteiger partial charge >= 0.3 is 5.97 Å². The van der Waals surface area contributed by atoms with E-state index in [1.165, 1.54) is 19.2 Å². The van der Waals surface area contributed by atoms with Gasteiger partial charge in [0.1, 0.15) is 5.82 Å². The molecule has 20 heavy (non-hydrogen) atoms. The molecule has 1 atom stereocenters. The van der Waals surface area contributed by atoms with Crippen LogP contribution in [0, 0.1) is 11.7 Å². The fourth-order valence-corrected chi connectivity index (χ4v) is 2.18. The van der Waals surface area contributed by atoms with E-state index in [9.17, 15) is 14.0 Å². The Labute approximate surface area is 116 Å². The van der Waals surface area contributed by atoms with Crippen LogP contribution in [0.25, 0.3) is 0 Å². The molecule has 0 fully saturated rings. The molecule has 4 nitrogen and oxygen atoms in total. The van der Waals surface area contributed by atoms with Gasteiger partial charge in [0.25, 0.3) is 0 Å². The number of hydrogen-bond donors (Lipinski definition) is 1. The average molecular weight is 277 g/mol. The van der Waals surface area contributed by atoms with Gasteiger partial charge in [0.05, 0.1) is 12.7 Å². The van der Waals surface area contributed by atoms with E-state index in [0.29, 0.717) is 12.1 Å². The van der Waals surface area contributed by atoms with Crippen molar-refractivity contribution in [3.8, 4) is 0 Å². The summed E-state index contributed by atoms with van der Waals surface area (Å²) in [5, 5.41) is 2.67. The van der Waals surface area contributed by atoms with Crippen LogP contribution in [-0.2, 0) is 9.53 Å². The lowest BCUT2D eigenvalue weighted by Gasteiger charge is -2.10. The maximum Gasteiger partial charge on any atom is 0.340 e. The number of carbonyl (C=O) groups excluding carboxylic acids is 2. The molecule has 2 rings (SSSR count). The van der Waals surface area contributed by atoms with Crippen molar-refractivity contribution in [2.24, 2.45) is 5.92 Å². The van der Waals surface area contributed by atoms with Gasteiger partial charge in [0.15, 0.2) is 0 Å². The SMILES string of the molecule is COC(=O)c1cc(NC(=O)C[C@@H]2C=CCC2)ccc1F. The van der Waals surface area contributed by atoms with Crippen LogP contribution in [0.4, 0.5) is 10.1 Å². The number of halogens is 1. The van der Waals surface area contributed by atoms with Crippen LogP contribution in [0.2, 0.25) is 0 Å². The molecule has 0 bridgehead atoms. The number of ether oxygens (including phenoxy) is 1. The molecule has 5 heteroatoms. The highest BCUT2D eigenvalue weighted by Crippen LogP contribution is 2.21. The maximum absolute atomic E-state index is 13.4. The van der Waals surface area contributed by atoms with Gasteiger partial charge in [0, 0.05) is 12.1 Å². The Balaban J connectivity index is 2.03. The smallest absolute Gasteiger partial charge is 0.340 e. The van der Waals surface area contributed by atoms with Crippen molar-refractivity contribution in [1.82, 2.24) is 0 Å². The second kappa shape index (κ2) is 6.32. The average Bonchev–Trinajstić information content (AvgIpc) is 2.92. The first-order valence-electron chi connectivity index (χ1n) is 6.44. The third-order valence-electron chi connectivity index (χ3n) is 3.22. The molecule has 0 aromatic heterocycles. The first-order chi connectivity index (χ1) is 9.60. The molecule has 0 saturated carbocycles. The number of benzene rings is 1. The van der Waals surface area contributed by atoms with E-state index >= 15 is 0 Å². The van der Waals surface area contributed by atoms with Crippen molar-refractivity contribution < 1.29 is 18.7 Å². The molecular weight excluding hydrogens is 261 g/mol. The quantitative estimate of drug-likeness (QED) is 0.680. The van der Waals surface area contributed by atoms with E-state index in [1.807, 2.05) is 6.08 Å². The highest BCUT2D eigenvalue weighted by atomic mass is 19.1. The number of nitrogens with one attached hydrogen (secondary N) is 1. The van der Waals surface area contributed by atoms with E-state index in [1.54, 1.807) is 0 Å². The Morgan fingerprint density at radius 2 is 2.25 bits per heavy atom. The second-order valence-electron chi connectivity index (χ2n) is 4.70. The van der Waals surface area contributed by atoms with Crippen LogP contribution >= 0.6 is 0 Å². The number of amides is 1. The normalized spacial score (nSPS) is 17.0. The lowest BCUT2D eigenvalue weighted by atomic mass is 10.0.